The number of hydrogen-bond donors (Lipinski definition) is 2. The molecule has 2 aromatic rings. The highest BCUT2D eigenvalue weighted by atomic mass is 16.5. The average Bonchev–Trinajstić information content (AvgIpc) is 2.67. The fraction of sp³-hybridized carbons (Fsp3) is 0.278. The van der Waals surface area contributed by atoms with Crippen LogP contribution in [0.25, 0.3) is 0 Å². The molecule has 2 aromatic carbocycles. The van der Waals surface area contributed by atoms with Crippen LogP contribution in [0.2, 0.25) is 0 Å². The van der Waals surface area contributed by atoms with E-state index in [2.05, 4.69) is 17.4 Å². The molecule has 0 bridgehead atoms. The monoisotopic (exact) mass is 296 g/mol. The Kier molecular flexibility index (Phi) is 4.39. The summed E-state index contributed by atoms with van der Waals surface area (Å²) in [6.45, 7) is 0.607. The maximum Gasteiger partial charge on any atom is 0.241 e. The van der Waals surface area contributed by atoms with Gasteiger partial charge in [-0.3, -0.25) is 4.79 Å². The molecule has 0 spiro atoms. The predicted molar refractivity (Wildman–Crippen MR) is 87.0 cm³/mol. The van der Waals surface area contributed by atoms with Crippen molar-refractivity contribution in [3.63, 3.8) is 0 Å². The minimum Gasteiger partial charge on any atom is -0.493 e. The van der Waals surface area contributed by atoms with Gasteiger partial charge in [-0.25, -0.2) is 0 Å². The number of rotatable bonds is 4. The molecule has 1 heterocycles. The number of carbonyl (C=O) groups is 1. The first-order valence-electron chi connectivity index (χ1n) is 7.58. The molecular weight excluding hydrogens is 276 g/mol. The first kappa shape index (κ1) is 14.6. The number of nitrogens with two attached hydrogens (primary N) is 1. The van der Waals surface area contributed by atoms with E-state index >= 15 is 0 Å². The van der Waals surface area contributed by atoms with Gasteiger partial charge in [0.2, 0.25) is 5.91 Å². The Morgan fingerprint density at radius 1 is 1.18 bits per heavy atom. The summed E-state index contributed by atoms with van der Waals surface area (Å²) in [5, 5.41) is 2.88. The first-order valence-corrected chi connectivity index (χ1v) is 7.58. The van der Waals surface area contributed by atoms with Crippen LogP contribution in [0, 0.1) is 0 Å². The van der Waals surface area contributed by atoms with Crippen LogP contribution >= 0.6 is 0 Å². The summed E-state index contributed by atoms with van der Waals surface area (Å²) in [7, 11) is 0. The Labute approximate surface area is 130 Å². The van der Waals surface area contributed by atoms with Crippen molar-refractivity contribution in [2.24, 2.45) is 5.73 Å². The highest BCUT2D eigenvalue weighted by Crippen LogP contribution is 2.26. The number of anilines is 1. The third-order valence-electron chi connectivity index (χ3n) is 3.90. The molecular formula is C18H20N2O2. The van der Waals surface area contributed by atoms with Crippen LogP contribution in [0.3, 0.4) is 0 Å². The lowest BCUT2D eigenvalue weighted by Crippen LogP contribution is -2.34. The number of amides is 1. The second kappa shape index (κ2) is 6.62. The molecule has 1 atom stereocenters. The second-order valence-corrected chi connectivity index (χ2v) is 5.54. The van der Waals surface area contributed by atoms with Gasteiger partial charge in [-0.15, -0.1) is 0 Å². The number of fused-ring (bicyclic) bond motifs is 1. The topological polar surface area (TPSA) is 64.3 Å². The molecule has 0 fully saturated rings. The Hall–Kier alpha value is -2.33. The van der Waals surface area contributed by atoms with Crippen LogP contribution in [0.15, 0.2) is 48.5 Å². The molecule has 114 valence electrons. The summed E-state index contributed by atoms with van der Waals surface area (Å²) < 4.78 is 5.80. The van der Waals surface area contributed by atoms with E-state index in [1.54, 1.807) is 0 Å². The van der Waals surface area contributed by atoms with Crippen molar-refractivity contribution < 1.29 is 9.53 Å². The van der Waals surface area contributed by atoms with E-state index in [0.717, 1.165) is 29.8 Å². The summed E-state index contributed by atoms with van der Waals surface area (Å²) in [5.41, 5.74) is 8.97. The lowest BCUT2D eigenvalue weighted by molar-refractivity contribution is -0.117. The summed E-state index contributed by atoms with van der Waals surface area (Å²) in [6.07, 6.45) is 2.34. The molecule has 0 saturated heterocycles. The third kappa shape index (κ3) is 3.46. The van der Waals surface area contributed by atoms with Crippen LogP contribution in [-0.4, -0.2) is 18.6 Å². The maximum atomic E-state index is 11.8. The number of ether oxygens (including phenoxy) is 1. The molecule has 4 nitrogen and oxygen atoms in total. The van der Waals surface area contributed by atoms with E-state index in [9.17, 15) is 4.79 Å². The Balaban J connectivity index is 1.64. The Morgan fingerprint density at radius 3 is 2.82 bits per heavy atom. The van der Waals surface area contributed by atoms with Crippen LogP contribution in [0.4, 0.5) is 5.69 Å². The van der Waals surface area contributed by atoms with Crippen LogP contribution in [-0.2, 0) is 17.6 Å². The second-order valence-electron chi connectivity index (χ2n) is 5.54. The minimum atomic E-state index is -0.435. The van der Waals surface area contributed by atoms with Crippen molar-refractivity contribution in [1.82, 2.24) is 0 Å². The molecule has 0 aromatic heterocycles. The van der Waals surface area contributed by atoms with E-state index in [4.69, 9.17) is 10.5 Å². The molecule has 1 aliphatic rings. The van der Waals surface area contributed by atoms with Crippen molar-refractivity contribution in [2.45, 2.75) is 25.3 Å². The van der Waals surface area contributed by atoms with Gasteiger partial charge in [0.1, 0.15) is 5.75 Å². The molecule has 3 N–H and O–H groups in total. The van der Waals surface area contributed by atoms with Gasteiger partial charge in [0.25, 0.3) is 0 Å². The number of carbonyl (C=O) groups excluding carboxylic acids is 1. The standard InChI is InChI=1S/C18H20N2O2/c19-16-9-7-14-6-8-15(12-17(14)20-18(16)21)22-11-10-13-4-2-1-3-5-13/h1-6,8,12,16H,7,9-11,19H2,(H,20,21). The average molecular weight is 296 g/mol. The molecule has 3 rings (SSSR count). The zero-order valence-electron chi connectivity index (χ0n) is 12.4. The highest BCUT2D eigenvalue weighted by Gasteiger charge is 2.20. The third-order valence-corrected chi connectivity index (χ3v) is 3.90. The zero-order valence-corrected chi connectivity index (χ0v) is 12.4. The molecule has 0 radical (unpaired) electrons. The Morgan fingerprint density at radius 2 is 2.00 bits per heavy atom. The SMILES string of the molecule is NC1CCc2ccc(OCCc3ccccc3)cc2NC1=O. The van der Waals surface area contributed by atoms with Gasteiger partial charge in [0.15, 0.2) is 0 Å². The fourth-order valence-corrected chi connectivity index (χ4v) is 2.58. The smallest absolute Gasteiger partial charge is 0.241 e. The van der Waals surface area contributed by atoms with E-state index < -0.39 is 6.04 Å². The van der Waals surface area contributed by atoms with Crippen molar-refractivity contribution >= 4 is 11.6 Å². The summed E-state index contributed by atoms with van der Waals surface area (Å²) in [5.74, 6) is 0.644. The van der Waals surface area contributed by atoms with Gasteiger partial charge < -0.3 is 15.8 Å². The van der Waals surface area contributed by atoms with E-state index in [-0.39, 0.29) is 5.91 Å². The van der Waals surface area contributed by atoms with E-state index in [1.807, 2.05) is 36.4 Å². The van der Waals surface area contributed by atoms with Gasteiger partial charge >= 0.3 is 0 Å². The van der Waals surface area contributed by atoms with Crippen LogP contribution < -0.4 is 15.8 Å². The summed E-state index contributed by atoms with van der Waals surface area (Å²) in [6, 6.07) is 15.6. The molecule has 4 heteroatoms. The molecule has 1 amide bonds. The predicted octanol–water partition coefficient (Wildman–Crippen LogP) is 2.52. The van der Waals surface area contributed by atoms with Gasteiger partial charge in [-0.05, 0) is 30.0 Å². The van der Waals surface area contributed by atoms with Crippen LogP contribution in [0.1, 0.15) is 17.5 Å². The van der Waals surface area contributed by atoms with Gasteiger partial charge in [0, 0.05) is 18.2 Å². The quantitative estimate of drug-likeness (QED) is 0.911. The van der Waals surface area contributed by atoms with Gasteiger partial charge in [0.05, 0.1) is 12.6 Å². The number of hydrogen-bond acceptors (Lipinski definition) is 3. The number of benzene rings is 2. The zero-order chi connectivity index (χ0) is 15.4. The highest BCUT2D eigenvalue weighted by molar-refractivity contribution is 5.96. The van der Waals surface area contributed by atoms with E-state index in [1.165, 1.54) is 5.56 Å². The molecule has 1 unspecified atom stereocenters. The van der Waals surface area contributed by atoms with Gasteiger partial charge in [-0.2, -0.15) is 0 Å². The molecule has 0 saturated carbocycles. The molecule has 0 aliphatic carbocycles. The number of aryl methyl sites for hydroxylation is 1. The maximum absolute atomic E-state index is 11.8. The number of nitrogens with one attached hydrogen (secondary N) is 1. The first-order chi connectivity index (χ1) is 10.7. The lowest BCUT2D eigenvalue weighted by atomic mass is 10.1. The normalized spacial score (nSPS) is 17.3. The van der Waals surface area contributed by atoms with Crippen molar-refractivity contribution in [3.05, 3.63) is 59.7 Å². The van der Waals surface area contributed by atoms with E-state index in [0.29, 0.717) is 13.0 Å². The molecule has 1 aliphatic heterocycles. The largest absolute Gasteiger partial charge is 0.493 e. The molecule has 22 heavy (non-hydrogen) atoms. The van der Waals surface area contributed by atoms with Crippen LogP contribution in [0.5, 0.6) is 5.75 Å². The van der Waals surface area contributed by atoms with Gasteiger partial charge in [-0.1, -0.05) is 36.4 Å². The fourth-order valence-electron chi connectivity index (χ4n) is 2.58. The lowest BCUT2D eigenvalue weighted by Gasteiger charge is -2.11. The van der Waals surface area contributed by atoms with Crippen molar-refractivity contribution in [1.29, 1.82) is 0 Å². The Bertz CT molecular complexity index is 655. The van der Waals surface area contributed by atoms with Crippen molar-refractivity contribution in [3.8, 4) is 5.75 Å². The minimum absolute atomic E-state index is 0.125. The summed E-state index contributed by atoms with van der Waals surface area (Å²) >= 11 is 0. The van der Waals surface area contributed by atoms with Crippen molar-refractivity contribution in [2.75, 3.05) is 11.9 Å². The summed E-state index contributed by atoms with van der Waals surface area (Å²) in [4.78, 5) is 11.8.